The molecule has 1 aliphatic rings. The number of hydrogen-bond acceptors (Lipinski definition) is 6. The zero-order valence-electron chi connectivity index (χ0n) is 14.2. The molecule has 1 fully saturated rings. The molecule has 0 spiro atoms. The average Bonchev–Trinajstić information content (AvgIpc) is 3.12. The third-order valence-electron chi connectivity index (χ3n) is 4.06. The summed E-state index contributed by atoms with van der Waals surface area (Å²) in [6.45, 7) is 3.08. The van der Waals surface area contributed by atoms with Gasteiger partial charge in [-0.1, -0.05) is 6.92 Å². The fraction of sp³-hybridized carbons (Fsp3) is 0.312. The summed E-state index contributed by atoms with van der Waals surface area (Å²) in [6.07, 6.45) is 1.44. The van der Waals surface area contributed by atoms with Crippen molar-refractivity contribution in [3.8, 4) is 0 Å². The van der Waals surface area contributed by atoms with Gasteiger partial charge in [-0.3, -0.25) is 4.79 Å². The Kier molecular flexibility index (Phi) is 4.67. The van der Waals surface area contributed by atoms with Crippen LogP contribution >= 0.6 is 0 Å². The fourth-order valence-corrected chi connectivity index (χ4v) is 5.84. The van der Waals surface area contributed by atoms with Crippen LogP contribution in [-0.4, -0.2) is 28.5 Å². The van der Waals surface area contributed by atoms with Crippen molar-refractivity contribution in [1.82, 2.24) is 4.72 Å². The Bertz CT molecular complexity index is 1040. The molecular weight excluding hydrogens is 380 g/mol. The first kappa shape index (κ1) is 18.6. The summed E-state index contributed by atoms with van der Waals surface area (Å²) in [6, 6.07) is 7.29. The summed E-state index contributed by atoms with van der Waals surface area (Å²) in [5.41, 5.74) is 0.471. The lowest BCUT2D eigenvalue weighted by Gasteiger charge is -2.17. The molecule has 0 bridgehead atoms. The lowest BCUT2D eigenvalue weighted by molar-refractivity contribution is -0.119. The number of sulfonamides is 2. The van der Waals surface area contributed by atoms with E-state index >= 15 is 0 Å². The van der Waals surface area contributed by atoms with E-state index in [9.17, 15) is 21.6 Å². The molecule has 1 aromatic heterocycles. The van der Waals surface area contributed by atoms with Crippen LogP contribution in [0, 0.1) is 12.8 Å². The van der Waals surface area contributed by atoms with Gasteiger partial charge in [0.25, 0.3) is 0 Å². The van der Waals surface area contributed by atoms with E-state index in [0.717, 1.165) is 4.31 Å². The van der Waals surface area contributed by atoms with E-state index in [4.69, 9.17) is 4.42 Å². The van der Waals surface area contributed by atoms with Crippen molar-refractivity contribution in [2.45, 2.75) is 25.3 Å². The maximum Gasteiger partial charge on any atom is 0.244 e. The van der Waals surface area contributed by atoms with Gasteiger partial charge in [0.1, 0.15) is 5.76 Å². The Labute approximate surface area is 151 Å². The van der Waals surface area contributed by atoms with Crippen molar-refractivity contribution in [2.24, 2.45) is 5.92 Å². The van der Waals surface area contributed by atoms with Gasteiger partial charge in [-0.2, -0.15) is 0 Å². The van der Waals surface area contributed by atoms with E-state index < -0.39 is 31.9 Å². The number of carbonyl (C=O) groups is 1. The number of furan rings is 1. The number of carbonyl (C=O) groups excluding carboxylic acids is 1. The number of rotatable bonds is 5. The van der Waals surface area contributed by atoms with Crippen molar-refractivity contribution in [1.29, 1.82) is 0 Å². The highest BCUT2D eigenvalue weighted by Gasteiger charge is 2.42. The smallest absolute Gasteiger partial charge is 0.244 e. The molecule has 1 amide bonds. The first-order valence-electron chi connectivity index (χ1n) is 7.81. The van der Waals surface area contributed by atoms with Gasteiger partial charge < -0.3 is 4.42 Å². The number of aryl methyl sites for hydroxylation is 1. The maximum absolute atomic E-state index is 12.5. The third-order valence-corrected chi connectivity index (χ3v) is 7.49. The molecule has 1 saturated heterocycles. The third kappa shape index (κ3) is 3.39. The number of hydrogen-bond donors (Lipinski definition) is 1. The normalized spacial score (nSPS) is 19.8. The minimum atomic E-state index is -3.82. The summed E-state index contributed by atoms with van der Waals surface area (Å²) in [7, 11) is -7.56. The first-order chi connectivity index (χ1) is 12.1. The number of amides is 1. The van der Waals surface area contributed by atoms with Crippen molar-refractivity contribution in [3.05, 3.63) is 47.9 Å². The second-order valence-electron chi connectivity index (χ2n) is 6.14. The summed E-state index contributed by atoms with van der Waals surface area (Å²) < 4.78 is 57.5. The molecule has 3 rings (SSSR count). The summed E-state index contributed by atoms with van der Waals surface area (Å²) in [5.74, 6) is -0.935. The average molecular weight is 398 g/mol. The van der Waals surface area contributed by atoms with Gasteiger partial charge in [0.15, 0.2) is 0 Å². The van der Waals surface area contributed by atoms with Crippen molar-refractivity contribution >= 4 is 31.6 Å². The molecule has 0 radical (unpaired) electrons. The molecule has 0 saturated carbocycles. The van der Waals surface area contributed by atoms with Gasteiger partial charge in [0.05, 0.1) is 35.1 Å². The molecule has 26 heavy (non-hydrogen) atoms. The molecule has 1 unspecified atom stereocenters. The molecule has 1 N–H and O–H groups in total. The number of nitrogens with zero attached hydrogens (tertiary/aromatic N) is 1. The molecule has 2 heterocycles. The van der Waals surface area contributed by atoms with Crippen LogP contribution in [0.25, 0.3) is 0 Å². The fourth-order valence-electron chi connectivity index (χ4n) is 2.81. The van der Waals surface area contributed by atoms with Crippen LogP contribution < -0.4 is 9.03 Å². The Hall–Kier alpha value is -2.17. The zero-order valence-corrected chi connectivity index (χ0v) is 15.8. The Balaban J connectivity index is 1.89. The van der Waals surface area contributed by atoms with Crippen LogP contribution in [0.3, 0.4) is 0 Å². The largest absolute Gasteiger partial charge is 0.468 e. The van der Waals surface area contributed by atoms with Crippen LogP contribution in [0.2, 0.25) is 0 Å². The molecule has 1 aliphatic heterocycles. The van der Waals surface area contributed by atoms with E-state index in [1.165, 1.54) is 24.5 Å². The molecule has 1 atom stereocenters. The SMILES string of the molecule is Cc1cc(N2C(=O)C(C)CS2(=O)=O)ccc1S(=O)(=O)NCc1ccco1. The molecule has 8 nitrogen and oxygen atoms in total. The van der Waals surface area contributed by atoms with Gasteiger partial charge in [0, 0.05) is 0 Å². The molecule has 10 heteroatoms. The van der Waals surface area contributed by atoms with Gasteiger partial charge >= 0.3 is 0 Å². The van der Waals surface area contributed by atoms with Gasteiger partial charge in [-0.15, -0.1) is 0 Å². The number of nitrogens with one attached hydrogen (secondary N) is 1. The second-order valence-corrected chi connectivity index (χ2v) is 9.73. The van der Waals surface area contributed by atoms with E-state index in [1.54, 1.807) is 26.0 Å². The molecule has 2 aromatic rings. The lowest BCUT2D eigenvalue weighted by Crippen LogP contribution is -2.30. The monoisotopic (exact) mass is 398 g/mol. The van der Waals surface area contributed by atoms with E-state index in [2.05, 4.69) is 4.72 Å². The summed E-state index contributed by atoms with van der Waals surface area (Å²) >= 11 is 0. The number of anilines is 1. The lowest BCUT2D eigenvalue weighted by atomic mass is 10.2. The number of benzene rings is 1. The quantitative estimate of drug-likeness (QED) is 0.814. The van der Waals surface area contributed by atoms with Gasteiger partial charge in [-0.25, -0.2) is 25.9 Å². The molecule has 140 valence electrons. The van der Waals surface area contributed by atoms with Crippen molar-refractivity contribution in [2.75, 3.05) is 10.1 Å². The van der Waals surface area contributed by atoms with Crippen molar-refractivity contribution in [3.63, 3.8) is 0 Å². The standard InChI is InChI=1S/C16H18N2O6S2/c1-11-8-13(18-16(19)12(2)10-25(18,20)21)5-6-15(11)26(22,23)17-9-14-4-3-7-24-14/h3-8,12,17H,9-10H2,1-2H3. The van der Waals surface area contributed by atoms with Gasteiger partial charge in [0.2, 0.25) is 26.0 Å². The Morgan fingerprint density at radius 2 is 2.04 bits per heavy atom. The second kappa shape index (κ2) is 6.53. The van der Waals surface area contributed by atoms with Crippen molar-refractivity contribution < 1.29 is 26.0 Å². The van der Waals surface area contributed by atoms with E-state index in [1.807, 2.05) is 0 Å². The predicted molar refractivity (Wildman–Crippen MR) is 94.3 cm³/mol. The van der Waals surface area contributed by atoms with Crippen LogP contribution in [0.5, 0.6) is 0 Å². The highest BCUT2D eigenvalue weighted by molar-refractivity contribution is 7.94. The molecular formula is C16H18N2O6S2. The predicted octanol–water partition coefficient (Wildman–Crippen LogP) is 1.38. The minimum absolute atomic E-state index is 0.00454. The first-order valence-corrected chi connectivity index (χ1v) is 10.9. The van der Waals surface area contributed by atoms with Crippen LogP contribution in [0.4, 0.5) is 5.69 Å². The van der Waals surface area contributed by atoms with Crippen LogP contribution in [0.15, 0.2) is 45.9 Å². The van der Waals surface area contributed by atoms with Crippen LogP contribution in [-0.2, 0) is 31.4 Å². The van der Waals surface area contributed by atoms with E-state index in [0.29, 0.717) is 11.3 Å². The summed E-state index contributed by atoms with van der Waals surface area (Å²) in [4.78, 5) is 12.2. The topological polar surface area (TPSA) is 114 Å². The molecule has 0 aliphatic carbocycles. The molecule has 1 aromatic carbocycles. The van der Waals surface area contributed by atoms with Gasteiger partial charge in [-0.05, 0) is 42.8 Å². The summed E-state index contributed by atoms with van der Waals surface area (Å²) in [5, 5.41) is 0. The Morgan fingerprint density at radius 1 is 1.31 bits per heavy atom. The minimum Gasteiger partial charge on any atom is -0.468 e. The zero-order chi connectivity index (χ0) is 19.1. The maximum atomic E-state index is 12.5. The van der Waals surface area contributed by atoms with Crippen LogP contribution in [0.1, 0.15) is 18.2 Å². The highest BCUT2D eigenvalue weighted by atomic mass is 32.2. The Morgan fingerprint density at radius 3 is 2.58 bits per heavy atom. The van der Waals surface area contributed by atoms with E-state index in [-0.39, 0.29) is 22.9 Å². The highest BCUT2D eigenvalue weighted by Crippen LogP contribution is 2.30.